The van der Waals surface area contributed by atoms with Crippen molar-refractivity contribution in [1.29, 1.82) is 0 Å². The number of aromatic carboxylic acids is 1. The molecule has 4 aliphatic rings. The van der Waals surface area contributed by atoms with E-state index in [1.807, 2.05) is 17.9 Å². The Kier molecular flexibility index (Phi) is 14.2. The number of allylic oxidation sites excluding steroid dienone is 2. The van der Waals surface area contributed by atoms with Crippen LogP contribution in [0.15, 0.2) is 70.8 Å². The number of hydrogen-bond acceptors (Lipinski definition) is 11. The van der Waals surface area contributed by atoms with Gasteiger partial charge in [0.05, 0.1) is 47.3 Å². The number of pyridine rings is 1. The molecule has 1 saturated carbocycles. The number of aromatic nitrogens is 1. The number of methoxy groups -OCH3 is 1. The van der Waals surface area contributed by atoms with E-state index in [9.17, 15) is 34.2 Å². The number of ether oxygens (including phenoxy) is 2. The number of β-lactam (4-membered cyclic amide) rings is 1. The van der Waals surface area contributed by atoms with Crippen LogP contribution in [0, 0.1) is 11.7 Å². The van der Waals surface area contributed by atoms with Crippen LogP contribution in [0.5, 0.6) is 11.5 Å². The number of fused-ring (bicyclic) bond motifs is 2. The first kappa shape index (κ1) is 43.4. The zero-order valence-corrected chi connectivity index (χ0v) is 35.8. The van der Waals surface area contributed by atoms with Crippen LogP contribution < -0.4 is 99.8 Å². The number of benzene rings is 2. The summed E-state index contributed by atoms with van der Waals surface area (Å²) in [7, 11) is 1.40. The summed E-state index contributed by atoms with van der Waals surface area (Å²) in [6.45, 7) is 3.12. The molecule has 4 atom stereocenters. The fourth-order valence-electron chi connectivity index (χ4n) is 7.86. The number of para-hydroxylation sites is 1. The number of nitrogens with one attached hydrogen (secondary N) is 2. The van der Waals surface area contributed by atoms with Crippen LogP contribution >= 0.6 is 0 Å². The second-order valence-corrected chi connectivity index (χ2v) is 14.2. The second kappa shape index (κ2) is 18.3. The van der Waals surface area contributed by atoms with Gasteiger partial charge in [0.15, 0.2) is 23.6 Å². The van der Waals surface area contributed by atoms with Crippen molar-refractivity contribution in [3.05, 3.63) is 87.6 Å². The maximum absolute atomic E-state index is 15.8. The van der Waals surface area contributed by atoms with E-state index < -0.39 is 52.6 Å². The van der Waals surface area contributed by atoms with Crippen molar-refractivity contribution in [2.45, 2.75) is 63.2 Å². The van der Waals surface area contributed by atoms with Gasteiger partial charge >= 0.3 is 59.1 Å². The Balaban J connectivity index is 0.00000300. The van der Waals surface area contributed by atoms with Gasteiger partial charge in [-0.15, -0.1) is 0 Å². The molecule has 3 aromatic rings. The zero-order valence-electron chi connectivity index (χ0n) is 31.8. The Morgan fingerprint density at radius 1 is 1.05 bits per heavy atom. The maximum Gasteiger partial charge on any atom is 1.00 e. The summed E-state index contributed by atoms with van der Waals surface area (Å²) in [6, 6.07) is 8.46. The predicted octanol–water partition coefficient (Wildman–Crippen LogP) is -5.21. The van der Waals surface area contributed by atoms with Gasteiger partial charge in [-0.2, -0.15) is 0 Å². The van der Waals surface area contributed by atoms with Crippen LogP contribution in [0.4, 0.5) is 10.1 Å². The number of halogens is 1. The van der Waals surface area contributed by atoms with E-state index in [0.717, 1.165) is 25.3 Å². The minimum Gasteiger partial charge on any atom is -0.545 e. The molecular formula is C39H40FN5Na2O9. The summed E-state index contributed by atoms with van der Waals surface area (Å²) >= 11 is 0. The Hall–Kier alpha value is -3.70. The number of carbonyl (C=O) groups is 4. The fraction of sp³-hybridized carbons (Fsp3) is 0.410. The summed E-state index contributed by atoms with van der Waals surface area (Å²) in [5.74, 6) is -3.98. The number of anilines is 1. The number of nitrogens with zero attached hydrogens (tertiary/aromatic N) is 3. The van der Waals surface area contributed by atoms with E-state index >= 15 is 4.39 Å². The first-order valence-corrected chi connectivity index (χ1v) is 18.0. The van der Waals surface area contributed by atoms with Gasteiger partial charge in [0.1, 0.15) is 17.5 Å². The Labute approximate surface area is 366 Å². The number of carbonyl (C=O) groups excluding carboxylic acids is 4. The first-order chi connectivity index (χ1) is 26.0. The van der Waals surface area contributed by atoms with Gasteiger partial charge < -0.3 is 54.3 Å². The van der Waals surface area contributed by atoms with Crippen molar-refractivity contribution < 1.29 is 102 Å². The number of rotatable bonds is 14. The Morgan fingerprint density at radius 3 is 2.45 bits per heavy atom. The summed E-state index contributed by atoms with van der Waals surface area (Å²) in [4.78, 5) is 65.5. The van der Waals surface area contributed by atoms with Crippen LogP contribution in [-0.4, -0.2) is 84.7 Å². The van der Waals surface area contributed by atoms with E-state index in [1.165, 1.54) is 18.2 Å². The van der Waals surface area contributed by atoms with E-state index in [2.05, 4.69) is 10.6 Å². The third kappa shape index (κ3) is 8.59. The van der Waals surface area contributed by atoms with Crippen molar-refractivity contribution >= 4 is 40.3 Å². The van der Waals surface area contributed by atoms with E-state index in [4.69, 9.17) is 9.47 Å². The molecule has 2 amide bonds. The van der Waals surface area contributed by atoms with Crippen molar-refractivity contribution in [2.75, 3.05) is 38.3 Å². The first-order valence-electron chi connectivity index (χ1n) is 18.0. The molecule has 3 aliphatic heterocycles. The molecule has 0 unspecified atom stereocenters. The van der Waals surface area contributed by atoms with Crippen molar-refractivity contribution in [3.8, 4) is 11.5 Å². The van der Waals surface area contributed by atoms with E-state index in [0.29, 0.717) is 49.3 Å². The Bertz CT molecular complexity index is 2140. The maximum atomic E-state index is 15.8. The molecule has 2 aromatic carbocycles. The van der Waals surface area contributed by atoms with Gasteiger partial charge in [-0.25, -0.2) is 4.39 Å². The summed E-state index contributed by atoms with van der Waals surface area (Å²) in [5.41, 5.74) is -0.510. The number of aliphatic carboxylic acids is 1. The zero-order chi connectivity index (χ0) is 38.3. The number of carboxylic acids is 2. The molecule has 3 fully saturated rings. The second-order valence-electron chi connectivity index (χ2n) is 14.2. The van der Waals surface area contributed by atoms with Crippen LogP contribution in [-0.2, 0) is 14.4 Å². The smallest absolute Gasteiger partial charge is 0.545 e. The summed E-state index contributed by atoms with van der Waals surface area (Å²) < 4.78 is 28.7. The standard InChI is InChI=1S/C39H42FN5O9.2Na/c1-21(23-14-16-43(18-23)34-28(40)17-26-33(36(34)53-2)44(24-11-12-24)19-27(35(26)47)38(49)50)41-15-6-7-22-10-13-29-31(37(48)45(29)32(22)39(51)52)42-30(46)20-54-25-8-4-3-5-9-25;;/h3-9,17,19,21,23-24,29,31,41H,10-16,18,20H2,1-2H3,(H,42,46)(H,49,50)(H,51,52);;/q;2*+1/p-2/b7-6+;;/t21-,23+,29+,31-;;/m0../s1. The van der Waals surface area contributed by atoms with Gasteiger partial charge in [-0.1, -0.05) is 30.4 Å². The molecule has 284 valence electrons. The third-order valence-corrected chi connectivity index (χ3v) is 10.8. The quantitative estimate of drug-likeness (QED) is 0.118. The van der Waals surface area contributed by atoms with E-state index in [1.54, 1.807) is 41.0 Å². The molecule has 7 rings (SSSR count). The molecule has 0 spiro atoms. The molecule has 1 aromatic heterocycles. The van der Waals surface area contributed by atoms with Crippen LogP contribution in [0.25, 0.3) is 10.9 Å². The minimum absolute atomic E-state index is 0. The number of hydrogen-bond donors (Lipinski definition) is 2. The molecule has 17 heteroatoms. The monoisotopic (exact) mass is 787 g/mol. The molecule has 2 saturated heterocycles. The van der Waals surface area contributed by atoms with Gasteiger partial charge in [-0.3, -0.25) is 14.4 Å². The predicted molar refractivity (Wildman–Crippen MR) is 190 cm³/mol. The molecule has 4 heterocycles. The van der Waals surface area contributed by atoms with E-state index in [-0.39, 0.29) is 106 Å². The van der Waals surface area contributed by atoms with Crippen LogP contribution in [0.2, 0.25) is 0 Å². The molecule has 1 aliphatic carbocycles. The molecule has 0 radical (unpaired) electrons. The third-order valence-electron chi connectivity index (χ3n) is 10.8. The molecule has 56 heavy (non-hydrogen) atoms. The molecular weight excluding hydrogens is 747 g/mol. The topological polar surface area (TPSA) is 185 Å². The van der Waals surface area contributed by atoms with Crippen LogP contribution in [0.1, 0.15) is 55.4 Å². The minimum atomic E-state index is -1.62. The number of amides is 2. The van der Waals surface area contributed by atoms with Gasteiger partial charge in [0.25, 0.3) is 11.8 Å². The Morgan fingerprint density at radius 2 is 1.79 bits per heavy atom. The van der Waals surface area contributed by atoms with Gasteiger partial charge in [-0.05, 0) is 68.7 Å². The van der Waals surface area contributed by atoms with Crippen molar-refractivity contribution in [1.82, 2.24) is 20.1 Å². The number of carboxylic acid groups (broad SMARTS) is 2. The summed E-state index contributed by atoms with van der Waals surface area (Å²) in [6.07, 6.45) is 7.87. The molecule has 14 nitrogen and oxygen atoms in total. The molecule has 0 bridgehead atoms. The van der Waals surface area contributed by atoms with Crippen molar-refractivity contribution in [2.24, 2.45) is 5.92 Å². The molecule has 2 N–H and O–H groups in total. The fourth-order valence-corrected chi connectivity index (χ4v) is 7.86. The van der Waals surface area contributed by atoms with Gasteiger partial charge in [0.2, 0.25) is 0 Å². The largest absolute Gasteiger partial charge is 1.00 e. The average Bonchev–Trinajstić information content (AvgIpc) is 3.89. The van der Waals surface area contributed by atoms with Gasteiger partial charge in [0, 0.05) is 37.9 Å². The summed E-state index contributed by atoms with van der Waals surface area (Å²) in [5, 5.41) is 29.9. The van der Waals surface area contributed by atoms with Crippen LogP contribution in [0.3, 0.4) is 0 Å². The SMILES string of the molecule is COc1c(N2CC[C@@H]([C@H](C)NC/C=C/C3=C(C(=O)[O-])N4C(=O)[C@@H](NC(=O)COc5ccccc5)[C@H]4CC3)C2)c(F)cc2c(=O)c(C(=O)[O-])cn(C3CC3)c12.[Na+].[Na+]. The average molecular weight is 788 g/mol. The normalized spacial score (nSPS) is 20.8. The van der Waals surface area contributed by atoms with Crippen molar-refractivity contribution in [3.63, 3.8) is 0 Å².